The van der Waals surface area contributed by atoms with Crippen molar-refractivity contribution in [3.63, 3.8) is 0 Å². The van der Waals surface area contributed by atoms with E-state index in [9.17, 15) is 8.42 Å². The molecule has 0 radical (unpaired) electrons. The van der Waals surface area contributed by atoms with Crippen LogP contribution in [-0.4, -0.2) is 46.8 Å². The van der Waals surface area contributed by atoms with E-state index < -0.39 is 10.0 Å². The number of guanidine groups is 1. The molecule has 3 N–H and O–H groups in total. The average Bonchev–Trinajstić information content (AvgIpc) is 2.98. The number of hydrogen-bond acceptors (Lipinski definition) is 4. The van der Waals surface area contributed by atoms with Crippen LogP contribution in [0.15, 0.2) is 22.5 Å². The molecule has 1 rings (SSSR count). The van der Waals surface area contributed by atoms with Crippen LogP contribution in [0.2, 0.25) is 0 Å². The summed E-state index contributed by atoms with van der Waals surface area (Å²) in [6, 6.07) is 4.16. The maximum Gasteiger partial charge on any atom is 0.211 e. The summed E-state index contributed by atoms with van der Waals surface area (Å²) in [5.74, 6) is 0.858. The number of nitrogens with one attached hydrogen (secondary N) is 3. The fourth-order valence-corrected chi connectivity index (χ4v) is 2.97. The molecule has 1 aromatic heterocycles. The van der Waals surface area contributed by atoms with Crippen molar-refractivity contribution in [2.45, 2.75) is 19.8 Å². The third-order valence-corrected chi connectivity index (χ3v) is 5.16. The van der Waals surface area contributed by atoms with E-state index in [1.807, 2.05) is 6.07 Å². The zero-order valence-electron chi connectivity index (χ0n) is 12.6. The molecule has 0 spiro atoms. The summed E-state index contributed by atoms with van der Waals surface area (Å²) in [6.45, 7) is 3.56. The van der Waals surface area contributed by atoms with Crippen molar-refractivity contribution < 1.29 is 8.42 Å². The number of aliphatic imine (C=N–C) groups is 1. The van der Waals surface area contributed by atoms with Crippen molar-refractivity contribution in [2.24, 2.45) is 4.99 Å². The molecular weight excluding hydrogens is 308 g/mol. The number of sulfonamides is 1. The minimum atomic E-state index is -3.09. The molecule has 1 aromatic rings. The number of thiophene rings is 1. The van der Waals surface area contributed by atoms with E-state index in [0.29, 0.717) is 19.5 Å². The van der Waals surface area contributed by atoms with E-state index in [1.165, 1.54) is 4.88 Å². The molecule has 120 valence electrons. The van der Waals surface area contributed by atoms with Crippen molar-refractivity contribution in [2.75, 3.05) is 32.4 Å². The van der Waals surface area contributed by atoms with Crippen LogP contribution in [0.25, 0.3) is 0 Å². The summed E-state index contributed by atoms with van der Waals surface area (Å²) in [6.07, 6.45) is 1.68. The van der Waals surface area contributed by atoms with E-state index in [2.05, 4.69) is 31.8 Å². The summed E-state index contributed by atoms with van der Waals surface area (Å²) in [5.41, 5.74) is 0. The topological polar surface area (TPSA) is 82.6 Å². The molecular formula is C13H24N4O2S2. The second kappa shape index (κ2) is 9.75. The fourth-order valence-electron chi connectivity index (χ4n) is 1.60. The molecule has 0 saturated heterocycles. The van der Waals surface area contributed by atoms with Gasteiger partial charge in [-0.05, 0) is 31.2 Å². The Morgan fingerprint density at radius 1 is 1.29 bits per heavy atom. The SMILES string of the molecule is CCS(=O)(=O)NCCCNC(=NC)NCCc1cccs1. The molecule has 0 aliphatic carbocycles. The molecule has 0 atom stereocenters. The van der Waals surface area contributed by atoms with Gasteiger partial charge in [0.1, 0.15) is 0 Å². The highest BCUT2D eigenvalue weighted by atomic mass is 32.2. The Morgan fingerprint density at radius 2 is 2.05 bits per heavy atom. The highest BCUT2D eigenvalue weighted by Crippen LogP contribution is 2.07. The smallest absolute Gasteiger partial charge is 0.211 e. The van der Waals surface area contributed by atoms with Gasteiger partial charge in [0.05, 0.1) is 5.75 Å². The van der Waals surface area contributed by atoms with Crippen molar-refractivity contribution in [1.29, 1.82) is 0 Å². The predicted molar refractivity (Wildman–Crippen MR) is 89.5 cm³/mol. The fraction of sp³-hybridized carbons (Fsp3) is 0.615. The van der Waals surface area contributed by atoms with Crippen LogP contribution >= 0.6 is 11.3 Å². The third kappa shape index (κ3) is 8.03. The van der Waals surface area contributed by atoms with E-state index in [-0.39, 0.29) is 5.75 Å². The first-order valence-electron chi connectivity index (χ1n) is 7.01. The van der Waals surface area contributed by atoms with Crippen LogP contribution < -0.4 is 15.4 Å². The van der Waals surface area contributed by atoms with Gasteiger partial charge in [-0.2, -0.15) is 0 Å². The van der Waals surface area contributed by atoms with Gasteiger partial charge in [0.2, 0.25) is 10.0 Å². The number of hydrogen-bond donors (Lipinski definition) is 3. The zero-order valence-corrected chi connectivity index (χ0v) is 14.2. The Bertz CT molecular complexity index is 512. The molecule has 0 fully saturated rings. The van der Waals surface area contributed by atoms with Gasteiger partial charge >= 0.3 is 0 Å². The molecule has 0 aliphatic rings. The molecule has 1 heterocycles. The molecule has 0 aliphatic heterocycles. The van der Waals surface area contributed by atoms with Crippen LogP contribution in [0.5, 0.6) is 0 Å². The minimum Gasteiger partial charge on any atom is -0.356 e. The first kappa shape index (κ1) is 17.9. The Hall–Kier alpha value is -1.12. The Labute approximate surface area is 131 Å². The standard InChI is InChI=1S/C13H24N4O2S2/c1-3-21(18,19)17-9-5-8-15-13(14-2)16-10-7-12-6-4-11-20-12/h4,6,11,17H,3,5,7-10H2,1-2H3,(H2,14,15,16). The van der Waals surface area contributed by atoms with Crippen LogP contribution in [0.1, 0.15) is 18.2 Å². The van der Waals surface area contributed by atoms with Crippen LogP contribution in [0.3, 0.4) is 0 Å². The Morgan fingerprint density at radius 3 is 2.67 bits per heavy atom. The summed E-state index contributed by atoms with van der Waals surface area (Å²) in [5, 5.41) is 8.46. The highest BCUT2D eigenvalue weighted by molar-refractivity contribution is 7.89. The van der Waals surface area contributed by atoms with Gasteiger partial charge in [0.25, 0.3) is 0 Å². The van der Waals surface area contributed by atoms with Crippen molar-refractivity contribution >= 4 is 27.3 Å². The second-order valence-electron chi connectivity index (χ2n) is 4.41. The van der Waals surface area contributed by atoms with Gasteiger partial charge in [-0.1, -0.05) is 6.07 Å². The van der Waals surface area contributed by atoms with E-state index in [1.54, 1.807) is 25.3 Å². The molecule has 8 heteroatoms. The Balaban J connectivity index is 2.11. The minimum absolute atomic E-state index is 0.117. The quantitative estimate of drug-likeness (QED) is 0.355. The van der Waals surface area contributed by atoms with E-state index >= 15 is 0 Å². The summed E-state index contributed by atoms with van der Waals surface area (Å²) in [7, 11) is -1.37. The lowest BCUT2D eigenvalue weighted by atomic mass is 10.3. The molecule has 0 unspecified atom stereocenters. The van der Waals surface area contributed by atoms with Gasteiger partial charge in [-0.25, -0.2) is 13.1 Å². The lowest BCUT2D eigenvalue weighted by Crippen LogP contribution is -2.39. The van der Waals surface area contributed by atoms with Gasteiger partial charge in [0, 0.05) is 31.6 Å². The lowest BCUT2D eigenvalue weighted by molar-refractivity contribution is 0.579. The molecule has 21 heavy (non-hydrogen) atoms. The maximum absolute atomic E-state index is 11.2. The molecule has 0 saturated carbocycles. The zero-order chi connectivity index (χ0) is 15.6. The average molecular weight is 332 g/mol. The highest BCUT2D eigenvalue weighted by Gasteiger charge is 2.04. The van der Waals surface area contributed by atoms with Crippen LogP contribution in [-0.2, 0) is 16.4 Å². The summed E-state index contributed by atoms with van der Waals surface area (Å²) >= 11 is 1.75. The van der Waals surface area contributed by atoms with Crippen molar-refractivity contribution in [1.82, 2.24) is 15.4 Å². The second-order valence-corrected chi connectivity index (χ2v) is 7.53. The van der Waals surface area contributed by atoms with Gasteiger partial charge in [-0.15, -0.1) is 11.3 Å². The summed E-state index contributed by atoms with van der Waals surface area (Å²) in [4.78, 5) is 5.47. The lowest BCUT2D eigenvalue weighted by Gasteiger charge is -2.11. The van der Waals surface area contributed by atoms with Gasteiger partial charge in [-0.3, -0.25) is 4.99 Å². The molecule has 0 aromatic carbocycles. The van der Waals surface area contributed by atoms with Crippen LogP contribution in [0.4, 0.5) is 0 Å². The first-order chi connectivity index (χ1) is 10.1. The normalized spacial score (nSPS) is 12.4. The third-order valence-electron chi connectivity index (χ3n) is 2.82. The molecule has 6 nitrogen and oxygen atoms in total. The van der Waals surface area contributed by atoms with E-state index in [4.69, 9.17) is 0 Å². The first-order valence-corrected chi connectivity index (χ1v) is 9.55. The number of nitrogens with zero attached hydrogens (tertiary/aromatic N) is 1. The van der Waals surface area contributed by atoms with Crippen LogP contribution in [0, 0.1) is 0 Å². The molecule has 0 amide bonds. The predicted octanol–water partition coefficient (Wildman–Crippen LogP) is 0.785. The maximum atomic E-state index is 11.2. The monoisotopic (exact) mass is 332 g/mol. The largest absolute Gasteiger partial charge is 0.356 e. The van der Waals surface area contributed by atoms with Crippen molar-refractivity contribution in [3.05, 3.63) is 22.4 Å². The number of rotatable bonds is 9. The van der Waals surface area contributed by atoms with Gasteiger partial charge < -0.3 is 10.6 Å². The Kier molecular flexibility index (Phi) is 8.33. The molecule has 0 bridgehead atoms. The van der Waals surface area contributed by atoms with E-state index in [0.717, 1.165) is 18.9 Å². The van der Waals surface area contributed by atoms with Gasteiger partial charge in [0.15, 0.2) is 5.96 Å². The van der Waals surface area contributed by atoms with Crippen molar-refractivity contribution in [3.8, 4) is 0 Å². The summed E-state index contributed by atoms with van der Waals surface area (Å²) < 4.78 is 25.0.